The molecule has 2 aliphatic carbocycles. The number of nitrogens with zero attached hydrogens (tertiary/aromatic N) is 3. The van der Waals surface area contributed by atoms with Gasteiger partial charge in [-0.3, -0.25) is 14.3 Å². The molecule has 0 bridgehead atoms. The first-order valence-corrected chi connectivity index (χ1v) is 9.76. The lowest BCUT2D eigenvalue weighted by molar-refractivity contribution is -0.346. The molecule has 6 nitrogen and oxygen atoms in total. The van der Waals surface area contributed by atoms with Gasteiger partial charge < -0.3 is 9.47 Å². The Morgan fingerprint density at radius 3 is 2.61 bits per heavy atom. The van der Waals surface area contributed by atoms with E-state index in [-0.39, 0.29) is 30.1 Å². The largest absolute Gasteiger partial charge is 0.522 e. The lowest BCUT2D eigenvalue weighted by atomic mass is 9.85. The van der Waals surface area contributed by atoms with Gasteiger partial charge in [0.25, 0.3) is 5.91 Å². The first-order valence-electron chi connectivity index (χ1n) is 9.76. The van der Waals surface area contributed by atoms with Crippen molar-refractivity contribution in [1.29, 1.82) is 0 Å². The predicted octanol–water partition coefficient (Wildman–Crippen LogP) is 3.47. The third-order valence-electron chi connectivity index (χ3n) is 5.63. The van der Waals surface area contributed by atoms with E-state index in [4.69, 9.17) is 0 Å². The lowest BCUT2D eigenvalue weighted by Crippen LogP contribution is -2.46. The molecule has 1 unspecified atom stereocenters. The van der Waals surface area contributed by atoms with E-state index in [1.165, 1.54) is 0 Å². The third-order valence-corrected chi connectivity index (χ3v) is 5.63. The Bertz CT molecular complexity index is 694. The van der Waals surface area contributed by atoms with E-state index >= 15 is 0 Å². The van der Waals surface area contributed by atoms with E-state index in [2.05, 4.69) is 9.72 Å². The Labute approximate surface area is 162 Å². The number of Topliss-reactive ketones (excluding diaryl/α,β-unsaturated/α-hetero) is 1. The molecule has 0 saturated heterocycles. The number of hydrogen-bond acceptors (Lipinski definition) is 4. The van der Waals surface area contributed by atoms with E-state index in [9.17, 15) is 22.8 Å². The van der Waals surface area contributed by atoms with E-state index in [0.717, 1.165) is 6.42 Å². The van der Waals surface area contributed by atoms with Gasteiger partial charge in [0, 0.05) is 38.7 Å². The van der Waals surface area contributed by atoms with E-state index < -0.39 is 12.5 Å². The van der Waals surface area contributed by atoms with Crippen molar-refractivity contribution >= 4 is 11.7 Å². The van der Waals surface area contributed by atoms with E-state index in [0.29, 0.717) is 50.8 Å². The van der Waals surface area contributed by atoms with Crippen LogP contribution in [0.1, 0.15) is 61.9 Å². The molecular weight excluding hydrogens is 375 g/mol. The van der Waals surface area contributed by atoms with Crippen molar-refractivity contribution < 1.29 is 27.5 Å². The lowest BCUT2D eigenvalue weighted by Gasteiger charge is -2.38. The summed E-state index contributed by atoms with van der Waals surface area (Å²) in [6, 6.07) is -0.0869. The number of halogens is 3. The molecule has 2 aliphatic rings. The summed E-state index contributed by atoms with van der Waals surface area (Å²) in [5.41, 5.74) is 0.318. The Balaban J connectivity index is 1.71. The zero-order valence-corrected chi connectivity index (χ0v) is 16.0. The molecule has 1 amide bonds. The third kappa shape index (κ3) is 5.56. The minimum atomic E-state index is -4.64. The average Bonchev–Trinajstić information content (AvgIpc) is 3.05. The minimum absolute atomic E-state index is 0.0635. The Kier molecular flexibility index (Phi) is 6.42. The van der Waals surface area contributed by atoms with Crippen LogP contribution in [-0.2, 0) is 16.6 Å². The van der Waals surface area contributed by atoms with Crippen LogP contribution in [0.2, 0.25) is 0 Å². The first kappa shape index (κ1) is 20.8. The molecule has 1 aromatic heterocycles. The summed E-state index contributed by atoms with van der Waals surface area (Å²) >= 11 is 0. The van der Waals surface area contributed by atoms with Crippen molar-refractivity contribution in [1.82, 2.24) is 14.5 Å². The molecule has 2 atom stereocenters. The molecule has 0 N–H and O–H groups in total. The van der Waals surface area contributed by atoms with Crippen molar-refractivity contribution in [3.05, 3.63) is 18.2 Å². The fraction of sp³-hybridized carbons (Fsp3) is 0.737. The van der Waals surface area contributed by atoms with Gasteiger partial charge in [-0.25, -0.2) is 4.98 Å². The number of aromatic nitrogens is 2. The van der Waals surface area contributed by atoms with Gasteiger partial charge >= 0.3 is 6.36 Å². The molecule has 0 aromatic carbocycles. The van der Waals surface area contributed by atoms with Crippen LogP contribution in [0, 0.1) is 5.92 Å². The van der Waals surface area contributed by atoms with Gasteiger partial charge in [-0.2, -0.15) is 0 Å². The molecule has 2 saturated carbocycles. The van der Waals surface area contributed by atoms with Crippen LogP contribution in [0.5, 0.6) is 0 Å². The Hall–Kier alpha value is -1.90. The van der Waals surface area contributed by atoms with Crippen molar-refractivity contribution in [2.24, 2.45) is 13.0 Å². The Morgan fingerprint density at radius 2 is 2.00 bits per heavy atom. The van der Waals surface area contributed by atoms with Crippen molar-refractivity contribution in [2.45, 2.75) is 69.9 Å². The number of hydrogen-bond donors (Lipinski definition) is 0. The summed E-state index contributed by atoms with van der Waals surface area (Å²) < 4.78 is 43.7. The minimum Gasteiger partial charge on any atom is -0.340 e. The molecule has 0 radical (unpaired) electrons. The summed E-state index contributed by atoms with van der Waals surface area (Å²) in [4.78, 5) is 30.5. The smallest absolute Gasteiger partial charge is 0.340 e. The maximum absolute atomic E-state index is 13.1. The van der Waals surface area contributed by atoms with Crippen molar-refractivity contribution in [2.75, 3.05) is 6.54 Å². The van der Waals surface area contributed by atoms with Gasteiger partial charge in [-0.1, -0.05) is 6.42 Å². The number of imidazole rings is 1. The van der Waals surface area contributed by atoms with Gasteiger partial charge in [-0.05, 0) is 38.0 Å². The van der Waals surface area contributed by atoms with E-state index in [1.54, 1.807) is 29.0 Å². The first-order chi connectivity index (χ1) is 13.2. The standard InChI is InChI=1S/C19H26F3N3O3/c1-24-11-17(23-12-24)18(27)25(14-5-7-15(26)8-6-14)10-13-3-2-4-16(9-13)28-19(20,21)22/h11-14,16H,2-10H2,1H3/t13-,16?/m1/s1. The fourth-order valence-electron chi connectivity index (χ4n) is 4.29. The van der Waals surface area contributed by atoms with Crippen LogP contribution >= 0.6 is 0 Å². The van der Waals surface area contributed by atoms with Crippen molar-refractivity contribution in [3.8, 4) is 0 Å². The number of rotatable bonds is 5. The highest BCUT2D eigenvalue weighted by Gasteiger charge is 2.37. The highest BCUT2D eigenvalue weighted by molar-refractivity contribution is 5.92. The number of ether oxygens (including phenoxy) is 1. The van der Waals surface area contributed by atoms with Gasteiger partial charge in [-0.15, -0.1) is 13.2 Å². The normalized spacial score (nSPS) is 24.4. The van der Waals surface area contributed by atoms with Gasteiger partial charge in [0.05, 0.1) is 12.4 Å². The molecule has 28 heavy (non-hydrogen) atoms. The second-order valence-electron chi connectivity index (χ2n) is 7.87. The molecule has 9 heteroatoms. The van der Waals surface area contributed by atoms with Crippen LogP contribution in [0.25, 0.3) is 0 Å². The molecule has 1 aromatic rings. The van der Waals surface area contributed by atoms with Crippen molar-refractivity contribution in [3.63, 3.8) is 0 Å². The highest BCUT2D eigenvalue weighted by atomic mass is 19.4. The quantitative estimate of drug-likeness (QED) is 0.758. The number of carbonyl (C=O) groups is 2. The number of amides is 1. The fourth-order valence-corrected chi connectivity index (χ4v) is 4.29. The van der Waals surface area contributed by atoms with Crippen LogP contribution in [-0.4, -0.2) is 51.2 Å². The second-order valence-corrected chi connectivity index (χ2v) is 7.87. The predicted molar refractivity (Wildman–Crippen MR) is 94.4 cm³/mol. The summed E-state index contributed by atoms with van der Waals surface area (Å²) in [6.07, 6.45) is 1.78. The molecule has 3 rings (SSSR count). The van der Waals surface area contributed by atoms with Gasteiger partial charge in [0.2, 0.25) is 0 Å². The summed E-state index contributed by atoms with van der Waals surface area (Å²) in [5.74, 6) is -0.0944. The summed E-state index contributed by atoms with van der Waals surface area (Å²) in [7, 11) is 1.77. The number of carbonyl (C=O) groups excluding carboxylic acids is 2. The second kappa shape index (κ2) is 8.63. The van der Waals surface area contributed by atoms with Gasteiger partial charge in [0.15, 0.2) is 0 Å². The maximum atomic E-state index is 13.1. The number of ketones is 1. The molecule has 0 spiro atoms. The average molecular weight is 401 g/mol. The molecule has 2 fully saturated rings. The maximum Gasteiger partial charge on any atom is 0.522 e. The number of aryl methyl sites for hydroxylation is 1. The van der Waals surface area contributed by atoms with E-state index in [1.807, 2.05) is 0 Å². The summed E-state index contributed by atoms with van der Waals surface area (Å²) in [6.45, 7) is 0.367. The zero-order chi connectivity index (χ0) is 20.3. The van der Waals surface area contributed by atoms with Crippen LogP contribution in [0.4, 0.5) is 13.2 Å². The molecule has 0 aliphatic heterocycles. The van der Waals surface area contributed by atoms with Crippen LogP contribution in [0.3, 0.4) is 0 Å². The van der Waals surface area contributed by atoms with Crippen LogP contribution in [0.15, 0.2) is 12.5 Å². The SMILES string of the molecule is Cn1cnc(C(=O)N(C[C@@H]2CCCC(OC(F)(F)F)C2)C2CCC(=O)CC2)c1. The highest BCUT2D eigenvalue weighted by Crippen LogP contribution is 2.33. The monoisotopic (exact) mass is 401 g/mol. The molecule has 156 valence electrons. The summed E-state index contributed by atoms with van der Waals surface area (Å²) in [5, 5.41) is 0. The number of alkyl halides is 3. The molecular formula is C19H26F3N3O3. The Morgan fingerprint density at radius 1 is 1.29 bits per heavy atom. The van der Waals surface area contributed by atoms with Gasteiger partial charge in [0.1, 0.15) is 11.5 Å². The topological polar surface area (TPSA) is 64.4 Å². The molecule has 1 heterocycles. The zero-order valence-electron chi connectivity index (χ0n) is 16.0. The van der Waals surface area contributed by atoms with Crippen LogP contribution < -0.4 is 0 Å².